The van der Waals surface area contributed by atoms with E-state index >= 15 is 0 Å². The Balaban J connectivity index is 1.40. The molecular weight excluding hydrogens is 328 g/mol. The van der Waals surface area contributed by atoms with Crippen molar-refractivity contribution in [1.82, 2.24) is 14.9 Å². The van der Waals surface area contributed by atoms with Crippen LogP contribution < -0.4 is 16.6 Å². The number of carbonyl (C=O) groups excluding carboxylic acids is 1. The standard InChI is InChI=1S/C20H26N4O2/c21-15-10-13-4-3-5-14(11-15)19(13)23-18(25)8-9-24-12-22-17-7-2-1-6-16(17)20(24)26/h1-2,6-7,12-15,19H,3-5,8-11,21H2,(H,23,25). The van der Waals surface area contributed by atoms with Gasteiger partial charge in [-0.15, -0.1) is 0 Å². The van der Waals surface area contributed by atoms with Crippen LogP contribution in [0.3, 0.4) is 0 Å². The minimum absolute atomic E-state index is 0.0161. The SMILES string of the molecule is NC1CC2CCCC(C1)C2NC(=O)CCn1cnc2ccccc2c1=O. The van der Waals surface area contributed by atoms with Gasteiger partial charge in [-0.2, -0.15) is 0 Å². The maximum Gasteiger partial charge on any atom is 0.261 e. The molecule has 2 aliphatic carbocycles. The second-order valence-electron chi connectivity index (χ2n) is 7.79. The number of para-hydroxylation sites is 1. The van der Waals surface area contributed by atoms with Crippen LogP contribution in [0.15, 0.2) is 35.4 Å². The molecule has 1 aromatic heterocycles. The smallest absolute Gasteiger partial charge is 0.261 e. The number of rotatable bonds is 4. The first-order valence-electron chi connectivity index (χ1n) is 9.61. The third kappa shape index (κ3) is 3.38. The fraction of sp³-hybridized carbons (Fsp3) is 0.550. The molecule has 4 rings (SSSR count). The second kappa shape index (κ2) is 7.19. The second-order valence-corrected chi connectivity index (χ2v) is 7.79. The van der Waals surface area contributed by atoms with E-state index in [1.165, 1.54) is 17.3 Å². The van der Waals surface area contributed by atoms with Crippen molar-refractivity contribution in [3.8, 4) is 0 Å². The summed E-state index contributed by atoms with van der Waals surface area (Å²) in [6.45, 7) is 0.351. The van der Waals surface area contributed by atoms with Gasteiger partial charge in [0, 0.05) is 25.0 Å². The summed E-state index contributed by atoms with van der Waals surface area (Å²) >= 11 is 0. The van der Waals surface area contributed by atoms with Crippen LogP contribution in [-0.2, 0) is 11.3 Å². The maximum atomic E-state index is 12.5. The molecule has 2 aliphatic rings. The Morgan fingerprint density at radius 3 is 2.73 bits per heavy atom. The highest BCUT2D eigenvalue weighted by molar-refractivity contribution is 5.77. The molecule has 2 bridgehead atoms. The lowest BCUT2D eigenvalue weighted by atomic mass is 9.67. The van der Waals surface area contributed by atoms with Gasteiger partial charge in [-0.1, -0.05) is 18.6 Å². The zero-order chi connectivity index (χ0) is 18.1. The van der Waals surface area contributed by atoms with Crippen molar-refractivity contribution < 1.29 is 4.79 Å². The minimum Gasteiger partial charge on any atom is -0.353 e. The van der Waals surface area contributed by atoms with Gasteiger partial charge in [0.25, 0.3) is 5.56 Å². The summed E-state index contributed by atoms with van der Waals surface area (Å²) in [6.07, 6.45) is 7.40. The number of nitrogens with two attached hydrogens (primary N) is 1. The van der Waals surface area contributed by atoms with E-state index in [4.69, 9.17) is 5.73 Å². The minimum atomic E-state index is -0.0936. The van der Waals surface area contributed by atoms with Crippen LogP contribution in [0.4, 0.5) is 0 Å². The van der Waals surface area contributed by atoms with E-state index in [2.05, 4.69) is 10.3 Å². The van der Waals surface area contributed by atoms with E-state index < -0.39 is 0 Å². The summed E-state index contributed by atoms with van der Waals surface area (Å²) in [7, 11) is 0. The van der Waals surface area contributed by atoms with Crippen molar-refractivity contribution in [3.05, 3.63) is 40.9 Å². The van der Waals surface area contributed by atoms with Crippen LogP contribution >= 0.6 is 0 Å². The number of benzene rings is 1. The largest absolute Gasteiger partial charge is 0.353 e. The van der Waals surface area contributed by atoms with Crippen LogP contribution in [0.2, 0.25) is 0 Å². The molecule has 3 N–H and O–H groups in total. The van der Waals surface area contributed by atoms with E-state index in [1.54, 1.807) is 6.07 Å². The third-order valence-electron chi connectivity index (χ3n) is 6.02. The predicted molar refractivity (Wildman–Crippen MR) is 101 cm³/mol. The van der Waals surface area contributed by atoms with Crippen LogP contribution in [0.5, 0.6) is 0 Å². The van der Waals surface area contributed by atoms with Gasteiger partial charge < -0.3 is 11.1 Å². The molecule has 0 spiro atoms. The molecule has 1 heterocycles. The molecule has 0 radical (unpaired) electrons. The molecule has 2 saturated carbocycles. The predicted octanol–water partition coefficient (Wildman–Crippen LogP) is 1.81. The van der Waals surface area contributed by atoms with E-state index in [-0.39, 0.29) is 23.6 Å². The summed E-state index contributed by atoms with van der Waals surface area (Å²) < 4.78 is 1.53. The van der Waals surface area contributed by atoms with Crippen LogP contribution in [-0.4, -0.2) is 27.5 Å². The lowest BCUT2D eigenvalue weighted by molar-refractivity contribution is -0.123. The average molecular weight is 354 g/mol. The molecule has 0 aliphatic heterocycles. The monoisotopic (exact) mass is 354 g/mol. The van der Waals surface area contributed by atoms with Gasteiger partial charge in [-0.3, -0.25) is 14.2 Å². The molecule has 6 heteroatoms. The quantitative estimate of drug-likeness (QED) is 0.876. The first kappa shape index (κ1) is 17.2. The van der Waals surface area contributed by atoms with Gasteiger partial charge in [-0.05, 0) is 49.7 Å². The molecule has 2 unspecified atom stereocenters. The number of amides is 1. The Morgan fingerprint density at radius 1 is 1.23 bits per heavy atom. The zero-order valence-electron chi connectivity index (χ0n) is 14.9. The number of hydrogen-bond acceptors (Lipinski definition) is 4. The summed E-state index contributed by atoms with van der Waals surface area (Å²) in [6, 6.07) is 7.81. The number of hydrogen-bond donors (Lipinski definition) is 2. The summed E-state index contributed by atoms with van der Waals surface area (Å²) in [5.41, 5.74) is 6.75. The van der Waals surface area contributed by atoms with Crippen LogP contribution in [0, 0.1) is 11.8 Å². The maximum absolute atomic E-state index is 12.5. The van der Waals surface area contributed by atoms with Gasteiger partial charge in [0.2, 0.25) is 5.91 Å². The molecule has 0 saturated heterocycles. The van der Waals surface area contributed by atoms with E-state index in [0.717, 1.165) is 25.7 Å². The number of nitrogens with one attached hydrogen (secondary N) is 1. The molecule has 2 aromatic rings. The molecule has 2 fully saturated rings. The molecule has 1 amide bonds. The van der Waals surface area contributed by atoms with Crippen molar-refractivity contribution in [2.45, 2.75) is 57.2 Å². The highest BCUT2D eigenvalue weighted by Gasteiger charge is 2.39. The van der Waals surface area contributed by atoms with Crippen molar-refractivity contribution in [2.24, 2.45) is 17.6 Å². The zero-order valence-corrected chi connectivity index (χ0v) is 14.9. The molecule has 1 aromatic carbocycles. The van der Waals surface area contributed by atoms with Crippen molar-refractivity contribution >= 4 is 16.8 Å². The lowest BCUT2D eigenvalue weighted by Crippen LogP contribution is -2.53. The number of aryl methyl sites for hydroxylation is 1. The Hall–Kier alpha value is -2.21. The van der Waals surface area contributed by atoms with Crippen molar-refractivity contribution in [3.63, 3.8) is 0 Å². The molecule has 2 atom stereocenters. The van der Waals surface area contributed by atoms with Crippen LogP contribution in [0.1, 0.15) is 38.5 Å². The lowest BCUT2D eigenvalue weighted by Gasteiger charge is -2.45. The summed E-state index contributed by atoms with van der Waals surface area (Å²) in [5.74, 6) is 1.03. The van der Waals surface area contributed by atoms with E-state index in [1.807, 2.05) is 18.2 Å². The average Bonchev–Trinajstić information content (AvgIpc) is 2.62. The van der Waals surface area contributed by atoms with Crippen LogP contribution in [0.25, 0.3) is 10.9 Å². The Labute approximate surface area is 152 Å². The number of nitrogens with zero attached hydrogens (tertiary/aromatic N) is 2. The number of carbonyl (C=O) groups is 1. The normalized spacial score (nSPS) is 28.0. The van der Waals surface area contributed by atoms with E-state index in [9.17, 15) is 9.59 Å². The summed E-state index contributed by atoms with van der Waals surface area (Å²) in [5, 5.41) is 3.83. The number of aromatic nitrogens is 2. The molecular formula is C20H26N4O2. The molecule has 6 nitrogen and oxygen atoms in total. The van der Waals surface area contributed by atoms with Gasteiger partial charge in [0.15, 0.2) is 0 Å². The Kier molecular flexibility index (Phi) is 4.76. The van der Waals surface area contributed by atoms with Crippen molar-refractivity contribution in [1.29, 1.82) is 0 Å². The van der Waals surface area contributed by atoms with Gasteiger partial charge in [0.1, 0.15) is 0 Å². The fourth-order valence-corrected chi connectivity index (χ4v) is 4.77. The fourth-order valence-electron chi connectivity index (χ4n) is 4.77. The van der Waals surface area contributed by atoms with Gasteiger partial charge in [0.05, 0.1) is 17.2 Å². The first-order chi connectivity index (χ1) is 12.6. The highest BCUT2D eigenvalue weighted by atomic mass is 16.2. The highest BCUT2D eigenvalue weighted by Crippen LogP contribution is 2.39. The molecule has 138 valence electrons. The Bertz CT molecular complexity index is 848. The topological polar surface area (TPSA) is 90.0 Å². The van der Waals surface area contributed by atoms with Crippen molar-refractivity contribution in [2.75, 3.05) is 0 Å². The third-order valence-corrected chi connectivity index (χ3v) is 6.02. The summed E-state index contributed by atoms with van der Waals surface area (Å²) in [4.78, 5) is 29.3. The Morgan fingerprint density at radius 2 is 1.96 bits per heavy atom. The van der Waals surface area contributed by atoms with Gasteiger partial charge in [-0.25, -0.2) is 4.98 Å². The van der Waals surface area contributed by atoms with Gasteiger partial charge >= 0.3 is 0 Å². The van der Waals surface area contributed by atoms with E-state index in [0.29, 0.717) is 35.7 Å². The molecule has 26 heavy (non-hydrogen) atoms. The first-order valence-corrected chi connectivity index (χ1v) is 9.61. The number of fused-ring (bicyclic) bond motifs is 3.